The largest absolute Gasteiger partial charge is 0.381 e. The molecule has 22 heavy (non-hydrogen) atoms. The van der Waals surface area contributed by atoms with E-state index in [-0.39, 0.29) is 0 Å². The summed E-state index contributed by atoms with van der Waals surface area (Å²) in [7, 11) is 0. The van der Waals surface area contributed by atoms with Gasteiger partial charge in [-0.2, -0.15) is 0 Å². The van der Waals surface area contributed by atoms with Crippen LogP contribution in [-0.2, 0) is 11.3 Å². The molecule has 5 nitrogen and oxygen atoms in total. The standard InChI is InChI=1S/C17H30N4O/c1-4-6-12-22-13-8-11-19-17(18-5-2)20-14-16-10-7-9-15(3)21-16/h7,9-10H,4-6,8,11-14H2,1-3H3,(H2,18,19,20). The summed E-state index contributed by atoms with van der Waals surface area (Å²) in [6, 6.07) is 6.01. The lowest BCUT2D eigenvalue weighted by molar-refractivity contribution is 0.129. The van der Waals surface area contributed by atoms with Crippen molar-refractivity contribution in [2.45, 2.75) is 46.6 Å². The summed E-state index contributed by atoms with van der Waals surface area (Å²) in [6.45, 7) is 10.2. The van der Waals surface area contributed by atoms with E-state index >= 15 is 0 Å². The van der Waals surface area contributed by atoms with Gasteiger partial charge in [0.1, 0.15) is 0 Å². The van der Waals surface area contributed by atoms with Gasteiger partial charge in [-0.15, -0.1) is 0 Å². The summed E-state index contributed by atoms with van der Waals surface area (Å²) in [5, 5.41) is 6.58. The van der Waals surface area contributed by atoms with Crippen molar-refractivity contribution in [3.05, 3.63) is 29.6 Å². The molecule has 2 N–H and O–H groups in total. The van der Waals surface area contributed by atoms with E-state index < -0.39 is 0 Å². The van der Waals surface area contributed by atoms with Gasteiger partial charge in [-0.25, -0.2) is 4.99 Å². The normalized spacial score (nSPS) is 11.5. The van der Waals surface area contributed by atoms with Crippen molar-refractivity contribution in [1.29, 1.82) is 0 Å². The lowest BCUT2D eigenvalue weighted by atomic mass is 10.3. The van der Waals surface area contributed by atoms with Crippen LogP contribution in [0.2, 0.25) is 0 Å². The van der Waals surface area contributed by atoms with Gasteiger partial charge in [0.2, 0.25) is 0 Å². The summed E-state index contributed by atoms with van der Waals surface area (Å²) >= 11 is 0. The van der Waals surface area contributed by atoms with Crippen LogP contribution in [0.1, 0.15) is 44.5 Å². The first-order valence-electron chi connectivity index (χ1n) is 8.28. The Hall–Kier alpha value is -1.62. The number of nitrogens with zero attached hydrogens (tertiary/aromatic N) is 2. The maximum atomic E-state index is 5.55. The molecular weight excluding hydrogens is 276 g/mol. The molecule has 0 fully saturated rings. The van der Waals surface area contributed by atoms with E-state index in [0.717, 1.165) is 56.5 Å². The molecule has 1 aromatic heterocycles. The number of guanidine groups is 1. The number of pyridine rings is 1. The minimum atomic E-state index is 0.587. The lowest BCUT2D eigenvalue weighted by Gasteiger charge is -2.11. The van der Waals surface area contributed by atoms with Gasteiger partial charge in [0.15, 0.2) is 5.96 Å². The third kappa shape index (κ3) is 8.62. The van der Waals surface area contributed by atoms with Crippen molar-refractivity contribution in [1.82, 2.24) is 15.6 Å². The number of aliphatic imine (C=N–C) groups is 1. The number of unbranched alkanes of at least 4 members (excludes halogenated alkanes) is 1. The van der Waals surface area contributed by atoms with E-state index in [9.17, 15) is 0 Å². The molecule has 0 aliphatic rings. The quantitative estimate of drug-likeness (QED) is 0.396. The van der Waals surface area contributed by atoms with Gasteiger partial charge in [-0.05, 0) is 38.8 Å². The van der Waals surface area contributed by atoms with Crippen LogP contribution in [0.5, 0.6) is 0 Å². The van der Waals surface area contributed by atoms with Crippen molar-refractivity contribution in [2.24, 2.45) is 4.99 Å². The second kappa shape index (κ2) is 12.0. The predicted molar refractivity (Wildman–Crippen MR) is 92.1 cm³/mol. The second-order valence-corrected chi connectivity index (χ2v) is 5.21. The van der Waals surface area contributed by atoms with Gasteiger partial charge >= 0.3 is 0 Å². The molecule has 0 bridgehead atoms. The fourth-order valence-electron chi connectivity index (χ4n) is 1.92. The SMILES string of the molecule is CCCCOCCCNC(=NCc1cccc(C)n1)NCC. The molecule has 0 aliphatic carbocycles. The van der Waals surface area contributed by atoms with Crippen LogP contribution in [0.15, 0.2) is 23.2 Å². The summed E-state index contributed by atoms with van der Waals surface area (Å²) in [6.07, 6.45) is 3.31. The number of aromatic nitrogens is 1. The Morgan fingerprint density at radius 3 is 2.73 bits per heavy atom. The van der Waals surface area contributed by atoms with Crippen LogP contribution in [0.25, 0.3) is 0 Å². The van der Waals surface area contributed by atoms with E-state index in [0.29, 0.717) is 6.54 Å². The Labute approximate surface area is 134 Å². The maximum Gasteiger partial charge on any atom is 0.191 e. The highest BCUT2D eigenvalue weighted by Crippen LogP contribution is 1.99. The Bertz CT molecular complexity index is 434. The molecular formula is C17H30N4O. The Kier molecular flexibility index (Phi) is 10.0. The highest BCUT2D eigenvalue weighted by atomic mass is 16.5. The van der Waals surface area contributed by atoms with Gasteiger partial charge in [0.25, 0.3) is 0 Å². The minimum Gasteiger partial charge on any atom is -0.381 e. The molecule has 1 heterocycles. The Morgan fingerprint density at radius 1 is 1.18 bits per heavy atom. The molecule has 0 saturated heterocycles. The molecule has 124 valence electrons. The molecule has 1 rings (SSSR count). The van der Waals surface area contributed by atoms with Crippen LogP contribution in [0.4, 0.5) is 0 Å². The molecule has 0 atom stereocenters. The van der Waals surface area contributed by atoms with E-state index in [1.54, 1.807) is 0 Å². The highest BCUT2D eigenvalue weighted by Gasteiger charge is 1.98. The van der Waals surface area contributed by atoms with Gasteiger partial charge in [0, 0.05) is 32.0 Å². The molecule has 0 aromatic carbocycles. The molecule has 0 saturated carbocycles. The van der Waals surface area contributed by atoms with Crippen LogP contribution in [0, 0.1) is 6.92 Å². The zero-order valence-electron chi connectivity index (χ0n) is 14.2. The number of ether oxygens (including phenoxy) is 1. The smallest absolute Gasteiger partial charge is 0.191 e. The topological polar surface area (TPSA) is 58.5 Å². The summed E-state index contributed by atoms with van der Waals surface area (Å²) in [5.41, 5.74) is 2.01. The van der Waals surface area contributed by atoms with Gasteiger partial charge in [0.05, 0.1) is 12.2 Å². The first kappa shape index (κ1) is 18.4. The molecule has 0 aliphatic heterocycles. The van der Waals surface area contributed by atoms with Gasteiger partial charge in [-0.1, -0.05) is 19.4 Å². The molecule has 5 heteroatoms. The number of hydrogen-bond donors (Lipinski definition) is 2. The zero-order valence-corrected chi connectivity index (χ0v) is 14.2. The molecule has 0 radical (unpaired) electrons. The average molecular weight is 306 g/mol. The first-order chi connectivity index (χ1) is 10.8. The number of rotatable bonds is 10. The summed E-state index contributed by atoms with van der Waals surface area (Å²) < 4.78 is 5.55. The molecule has 0 spiro atoms. The molecule has 0 amide bonds. The van der Waals surface area contributed by atoms with Crippen molar-refractivity contribution >= 4 is 5.96 Å². The Balaban J connectivity index is 2.30. The number of hydrogen-bond acceptors (Lipinski definition) is 3. The maximum absolute atomic E-state index is 5.55. The molecule has 1 aromatic rings. The van der Waals surface area contributed by atoms with E-state index in [2.05, 4.69) is 34.5 Å². The average Bonchev–Trinajstić information content (AvgIpc) is 2.51. The van der Waals surface area contributed by atoms with Crippen molar-refractivity contribution in [3.63, 3.8) is 0 Å². The third-order valence-electron chi connectivity index (χ3n) is 3.09. The zero-order chi connectivity index (χ0) is 16.0. The summed E-state index contributed by atoms with van der Waals surface area (Å²) in [4.78, 5) is 9.02. The van der Waals surface area contributed by atoms with Crippen molar-refractivity contribution in [2.75, 3.05) is 26.3 Å². The van der Waals surface area contributed by atoms with Crippen LogP contribution < -0.4 is 10.6 Å². The van der Waals surface area contributed by atoms with Crippen LogP contribution in [0.3, 0.4) is 0 Å². The van der Waals surface area contributed by atoms with E-state index in [1.165, 1.54) is 6.42 Å². The predicted octanol–water partition coefficient (Wildman–Crippen LogP) is 2.65. The second-order valence-electron chi connectivity index (χ2n) is 5.21. The fraction of sp³-hybridized carbons (Fsp3) is 0.647. The Morgan fingerprint density at radius 2 is 2.00 bits per heavy atom. The highest BCUT2D eigenvalue weighted by molar-refractivity contribution is 5.79. The van der Waals surface area contributed by atoms with Gasteiger partial charge < -0.3 is 15.4 Å². The number of nitrogens with one attached hydrogen (secondary N) is 2. The van der Waals surface area contributed by atoms with Crippen LogP contribution in [-0.4, -0.2) is 37.2 Å². The summed E-state index contributed by atoms with van der Waals surface area (Å²) in [5.74, 6) is 0.833. The molecule has 0 unspecified atom stereocenters. The van der Waals surface area contributed by atoms with Crippen molar-refractivity contribution < 1.29 is 4.74 Å². The van der Waals surface area contributed by atoms with E-state index in [1.807, 2.05) is 25.1 Å². The lowest BCUT2D eigenvalue weighted by Crippen LogP contribution is -2.38. The van der Waals surface area contributed by atoms with Crippen molar-refractivity contribution in [3.8, 4) is 0 Å². The fourth-order valence-corrected chi connectivity index (χ4v) is 1.92. The minimum absolute atomic E-state index is 0.587. The first-order valence-corrected chi connectivity index (χ1v) is 8.28. The third-order valence-corrected chi connectivity index (χ3v) is 3.09. The monoisotopic (exact) mass is 306 g/mol. The number of aryl methyl sites for hydroxylation is 1. The van der Waals surface area contributed by atoms with E-state index in [4.69, 9.17) is 4.74 Å². The van der Waals surface area contributed by atoms with Crippen LogP contribution >= 0.6 is 0 Å². The van der Waals surface area contributed by atoms with Gasteiger partial charge in [-0.3, -0.25) is 4.98 Å².